The van der Waals surface area contributed by atoms with E-state index in [9.17, 15) is 0 Å². The molecule has 7 heteroatoms. The van der Waals surface area contributed by atoms with Crippen LogP contribution in [0.4, 0.5) is 0 Å². The Morgan fingerprint density at radius 3 is 2.54 bits per heavy atom. The smallest absolute Gasteiger partial charge is 0.191 e. The third-order valence-electron chi connectivity index (χ3n) is 5.77. The quantitative estimate of drug-likeness (QED) is 0.378. The van der Waals surface area contributed by atoms with Crippen LogP contribution < -0.4 is 10.6 Å². The largest absolute Gasteiger partial charge is 0.356 e. The van der Waals surface area contributed by atoms with Crippen molar-refractivity contribution >= 4 is 41.3 Å². The molecule has 1 aromatic heterocycles. The summed E-state index contributed by atoms with van der Waals surface area (Å²) in [7, 11) is 6.36. The summed E-state index contributed by atoms with van der Waals surface area (Å²) in [5.41, 5.74) is 0. The number of nitrogens with one attached hydrogen (secondary N) is 2. The molecule has 0 spiro atoms. The average molecular weight is 491 g/mol. The van der Waals surface area contributed by atoms with E-state index in [0.717, 1.165) is 19.0 Å². The molecular formula is C19H34IN5S. The molecule has 148 valence electrons. The zero-order valence-electron chi connectivity index (χ0n) is 16.3. The summed E-state index contributed by atoms with van der Waals surface area (Å²) in [6.45, 7) is 4.37. The maximum absolute atomic E-state index is 4.43. The van der Waals surface area contributed by atoms with E-state index in [4.69, 9.17) is 0 Å². The lowest BCUT2D eigenvalue weighted by Crippen LogP contribution is -2.47. The molecule has 2 N–H and O–H groups in total. The Morgan fingerprint density at radius 2 is 1.88 bits per heavy atom. The molecule has 2 saturated heterocycles. The van der Waals surface area contributed by atoms with Gasteiger partial charge in [-0.2, -0.15) is 0 Å². The average Bonchev–Trinajstić information content (AvgIpc) is 3.27. The third kappa shape index (κ3) is 5.56. The second-order valence-corrected chi connectivity index (χ2v) is 8.43. The molecule has 0 aliphatic carbocycles. The first-order valence-corrected chi connectivity index (χ1v) is 10.5. The van der Waals surface area contributed by atoms with Gasteiger partial charge in [0.2, 0.25) is 0 Å². The van der Waals surface area contributed by atoms with Crippen molar-refractivity contribution in [3.63, 3.8) is 0 Å². The Labute approximate surface area is 179 Å². The van der Waals surface area contributed by atoms with Gasteiger partial charge in [-0.3, -0.25) is 9.89 Å². The fourth-order valence-electron chi connectivity index (χ4n) is 4.28. The van der Waals surface area contributed by atoms with Gasteiger partial charge in [0.1, 0.15) is 0 Å². The van der Waals surface area contributed by atoms with Crippen LogP contribution in [-0.4, -0.2) is 69.1 Å². The Bertz CT molecular complexity index is 550. The lowest BCUT2D eigenvalue weighted by molar-refractivity contribution is 0.125. The predicted molar refractivity (Wildman–Crippen MR) is 123 cm³/mol. The number of likely N-dealkylation sites (tertiary alicyclic amines) is 2. The number of nitrogens with zero attached hydrogens (tertiary/aromatic N) is 3. The van der Waals surface area contributed by atoms with Gasteiger partial charge in [-0.1, -0.05) is 6.07 Å². The first kappa shape index (κ1) is 21.9. The van der Waals surface area contributed by atoms with E-state index in [1.54, 1.807) is 0 Å². The normalized spacial score (nSPS) is 28.0. The SMILES string of the molecule is CN=C(NCC1CCCN(C)C1c1cccs1)NCC1CCCN1C.I. The standard InChI is InChI=1S/C19H33N5S.HI/c1-20-19(22-14-16-8-5-10-23(16)2)21-13-15-7-4-11-24(3)18(15)17-9-6-12-25-17;/h6,9,12,15-16,18H,4-5,7-8,10-11,13-14H2,1-3H3,(H2,20,21,22);1H. The molecule has 1 aromatic rings. The van der Waals surface area contributed by atoms with E-state index in [0.29, 0.717) is 18.0 Å². The van der Waals surface area contributed by atoms with Crippen LogP contribution in [0.25, 0.3) is 0 Å². The van der Waals surface area contributed by atoms with Crippen LogP contribution >= 0.6 is 35.3 Å². The molecular weight excluding hydrogens is 457 g/mol. The Balaban J connectivity index is 0.00000243. The van der Waals surface area contributed by atoms with Gasteiger partial charge in [0.15, 0.2) is 5.96 Å². The summed E-state index contributed by atoms with van der Waals surface area (Å²) in [6.07, 6.45) is 5.16. The first-order chi connectivity index (χ1) is 12.2. The second-order valence-electron chi connectivity index (χ2n) is 7.45. The molecule has 2 aliphatic heterocycles. The van der Waals surface area contributed by atoms with E-state index in [2.05, 4.69) is 57.0 Å². The molecule has 3 atom stereocenters. The van der Waals surface area contributed by atoms with E-state index in [1.807, 2.05) is 18.4 Å². The maximum atomic E-state index is 4.43. The van der Waals surface area contributed by atoms with Gasteiger partial charge >= 0.3 is 0 Å². The number of aliphatic imine (C=N–C) groups is 1. The van der Waals surface area contributed by atoms with Crippen molar-refractivity contribution in [2.24, 2.45) is 10.9 Å². The Hall–Kier alpha value is -0.380. The highest BCUT2D eigenvalue weighted by atomic mass is 127. The van der Waals surface area contributed by atoms with Gasteiger partial charge in [-0.25, -0.2) is 0 Å². The second kappa shape index (κ2) is 10.8. The molecule has 2 fully saturated rings. The molecule has 0 radical (unpaired) electrons. The lowest BCUT2D eigenvalue weighted by Gasteiger charge is -2.39. The monoisotopic (exact) mass is 491 g/mol. The highest BCUT2D eigenvalue weighted by Crippen LogP contribution is 2.36. The molecule has 3 unspecified atom stereocenters. The molecule has 0 saturated carbocycles. The molecule has 0 aromatic carbocycles. The zero-order valence-corrected chi connectivity index (χ0v) is 19.4. The molecule has 26 heavy (non-hydrogen) atoms. The number of hydrogen-bond donors (Lipinski definition) is 2. The summed E-state index contributed by atoms with van der Waals surface area (Å²) < 4.78 is 0. The van der Waals surface area contributed by atoms with Crippen molar-refractivity contribution in [2.75, 3.05) is 47.3 Å². The van der Waals surface area contributed by atoms with Crippen molar-refractivity contribution in [1.82, 2.24) is 20.4 Å². The minimum Gasteiger partial charge on any atom is -0.356 e. The number of piperidine rings is 1. The van der Waals surface area contributed by atoms with Gasteiger partial charge in [0.05, 0.1) is 0 Å². The van der Waals surface area contributed by atoms with Crippen molar-refractivity contribution < 1.29 is 0 Å². The van der Waals surface area contributed by atoms with Gasteiger partial charge < -0.3 is 15.5 Å². The van der Waals surface area contributed by atoms with Crippen molar-refractivity contribution in [1.29, 1.82) is 0 Å². The lowest BCUT2D eigenvalue weighted by atomic mass is 9.88. The Morgan fingerprint density at radius 1 is 1.15 bits per heavy atom. The number of likely N-dealkylation sites (N-methyl/N-ethyl adjacent to an activating group) is 1. The summed E-state index contributed by atoms with van der Waals surface area (Å²) in [4.78, 5) is 10.9. The number of halogens is 1. The van der Waals surface area contributed by atoms with Crippen LogP contribution in [0.1, 0.15) is 36.6 Å². The van der Waals surface area contributed by atoms with Gasteiger partial charge in [-0.05, 0) is 70.2 Å². The maximum Gasteiger partial charge on any atom is 0.191 e. The van der Waals surface area contributed by atoms with E-state index in [1.165, 1.54) is 43.6 Å². The van der Waals surface area contributed by atoms with Crippen LogP contribution in [-0.2, 0) is 0 Å². The van der Waals surface area contributed by atoms with Gasteiger partial charge in [0.25, 0.3) is 0 Å². The van der Waals surface area contributed by atoms with Crippen LogP contribution in [0.3, 0.4) is 0 Å². The topological polar surface area (TPSA) is 42.9 Å². The van der Waals surface area contributed by atoms with Crippen LogP contribution in [0.2, 0.25) is 0 Å². The minimum atomic E-state index is 0. The number of rotatable bonds is 5. The third-order valence-corrected chi connectivity index (χ3v) is 6.72. The van der Waals surface area contributed by atoms with Gasteiger partial charge in [0, 0.05) is 37.1 Å². The molecule has 0 amide bonds. The summed E-state index contributed by atoms with van der Waals surface area (Å²) in [6, 6.07) is 5.62. The van der Waals surface area contributed by atoms with Crippen LogP contribution in [0.15, 0.2) is 22.5 Å². The van der Waals surface area contributed by atoms with Crippen molar-refractivity contribution in [3.05, 3.63) is 22.4 Å². The summed E-state index contributed by atoms with van der Waals surface area (Å²) in [5, 5.41) is 9.31. The number of thiophene rings is 1. The summed E-state index contributed by atoms with van der Waals surface area (Å²) in [5.74, 6) is 1.57. The van der Waals surface area contributed by atoms with Gasteiger partial charge in [-0.15, -0.1) is 35.3 Å². The molecule has 5 nitrogen and oxygen atoms in total. The van der Waals surface area contributed by atoms with Crippen LogP contribution in [0.5, 0.6) is 0 Å². The van der Waals surface area contributed by atoms with Crippen molar-refractivity contribution in [2.45, 2.75) is 37.8 Å². The highest BCUT2D eigenvalue weighted by Gasteiger charge is 2.31. The minimum absolute atomic E-state index is 0. The summed E-state index contributed by atoms with van der Waals surface area (Å²) >= 11 is 1.88. The zero-order chi connectivity index (χ0) is 17.6. The van der Waals surface area contributed by atoms with E-state index < -0.39 is 0 Å². The number of guanidine groups is 1. The predicted octanol–water partition coefficient (Wildman–Crippen LogP) is 3.01. The fraction of sp³-hybridized carbons (Fsp3) is 0.737. The molecule has 0 bridgehead atoms. The molecule has 3 rings (SSSR count). The van der Waals surface area contributed by atoms with Crippen LogP contribution in [0, 0.1) is 5.92 Å². The van der Waals surface area contributed by atoms with E-state index in [-0.39, 0.29) is 24.0 Å². The first-order valence-electron chi connectivity index (χ1n) is 9.57. The highest BCUT2D eigenvalue weighted by molar-refractivity contribution is 14.0. The molecule has 2 aliphatic rings. The van der Waals surface area contributed by atoms with E-state index >= 15 is 0 Å². The van der Waals surface area contributed by atoms with Crippen molar-refractivity contribution in [3.8, 4) is 0 Å². The fourth-order valence-corrected chi connectivity index (χ4v) is 5.27. The number of hydrogen-bond acceptors (Lipinski definition) is 4. The Kier molecular flexibility index (Phi) is 9.12. The molecule has 3 heterocycles.